The SMILES string of the molecule is C1CCC1.CC.CCC.CCCCC. The third-order valence-electron chi connectivity index (χ3n) is 1.71. The third kappa shape index (κ3) is 40.3. The molecule has 14 heavy (non-hydrogen) atoms. The first kappa shape index (κ1) is 19.6. The van der Waals surface area contributed by atoms with Crippen LogP contribution in [0.25, 0.3) is 0 Å². The molecule has 0 aromatic rings. The topological polar surface area (TPSA) is 0 Å². The Bertz CT molecular complexity index is 38.0. The van der Waals surface area contributed by atoms with E-state index in [0.29, 0.717) is 0 Å². The molecule has 1 aliphatic carbocycles. The van der Waals surface area contributed by atoms with Crippen LogP contribution >= 0.6 is 0 Å². The Labute approximate surface area is 93.5 Å². The van der Waals surface area contributed by atoms with Crippen LogP contribution in [0.15, 0.2) is 0 Å². The Balaban J connectivity index is -0.000000122. The first-order valence-electron chi connectivity index (χ1n) is 6.83. The fourth-order valence-electron chi connectivity index (χ4n) is 0.604. The van der Waals surface area contributed by atoms with Crippen LogP contribution in [0, 0.1) is 0 Å². The second-order valence-electron chi connectivity index (χ2n) is 3.47. The molecule has 1 aliphatic rings. The maximum absolute atomic E-state index is 2.21. The number of hydrogen-bond acceptors (Lipinski definition) is 0. The van der Waals surface area contributed by atoms with Crippen molar-refractivity contribution in [2.24, 2.45) is 0 Å². The highest BCUT2D eigenvalue weighted by Crippen LogP contribution is 2.15. The van der Waals surface area contributed by atoms with Crippen LogP contribution in [0.3, 0.4) is 0 Å². The molecular weight excluding hydrogens is 168 g/mol. The van der Waals surface area contributed by atoms with Crippen molar-refractivity contribution < 1.29 is 0 Å². The maximum Gasteiger partial charge on any atom is -0.0533 e. The third-order valence-corrected chi connectivity index (χ3v) is 1.71. The first-order valence-corrected chi connectivity index (χ1v) is 6.83. The van der Waals surface area contributed by atoms with E-state index >= 15 is 0 Å². The molecule has 90 valence electrons. The molecular formula is C14H34. The molecule has 0 aromatic carbocycles. The van der Waals surface area contributed by atoms with E-state index in [2.05, 4.69) is 27.7 Å². The van der Waals surface area contributed by atoms with Crippen molar-refractivity contribution in [3.05, 3.63) is 0 Å². The van der Waals surface area contributed by atoms with E-state index in [-0.39, 0.29) is 0 Å². The largest absolute Gasteiger partial charge is 0.0683 e. The molecule has 0 radical (unpaired) electrons. The van der Waals surface area contributed by atoms with Gasteiger partial charge in [0.1, 0.15) is 0 Å². The summed E-state index contributed by atoms with van der Waals surface area (Å²) >= 11 is 0. The molecule has 0 unspecified atom stereocenters. The lowest BCUT2D eigenvalue weighted by Gasteiger charge is -2.05. The maximum atomic E-state index is 2.21. The van der Waals surface area contributed by atoms with Crippen molar-refractivity contribution in [3.8, 4) is 0 Å². The standard InChI is InChI=1S/C5H12.C4H8.C3H8.C2H6/c1-3-5-4-2;1-2-4-3-1;1-3-2;1-2/h3-5H2,1-2H3;1-4H2;3H2,1-2H3;1-2H3. The van der Waals surface area contributed by atoms with Gasteiger partial charge in [-0.1, -0.05) is 92.9 Å². The van der Waals surface area contributed by atoms with E-state index < -0.39 is 0 Å². The summed E-state index contributed by atoms with van der Waals surface area (Å²) in [5, 5.41) is 0. The molecule has 0 bridgehead atoms. The summed E-state index contributed by atoms with van der Waals surface area (Å²) in [7, 11) is 0. The summed E-state index contributed by atoms with van der Waals surface area (Å²) in [4.78, 5) is 0. The zero-order valence-electron chi connectivity index (χ0n) is 11.7. The van der Waals surface area contributed by atoms with E-state index in [1.54, 1.807) is 0 Å². The predicted octanol–water partition coefficient (Wildman–Crippen LogP) is 6.20. The van der Waals surface area contributed by atoms with Crippen LogP contribution in [0.5, 0.6) is 0 Å². The molecule has 0 amide bonds. The molecule has 1 rings (SSSR count). The van der Waals surface area contributed by atoms with Crippen LogP contribution in [0.1, 0.15) is 92.9 Å². The average molecular weight is 202 g/mol. The smallest absolute Gasteiger partial charge is 0.0533 e. The summed E-state index contributed by atoms with van der Waals surface area (Å²) in [6, 6.07) is 0. The lowest BCUT2D eigenvalue weighted by molar-refractivity contribution is 0.504. The fourth-order valence-corrected chi connectivity index (χ4v) is 0.604. The van der Waals surface area contributed by atoms with Gasteiger partial charge in [-0.3, -0.25) is 0 Å². The number of rotatable bonds is 2. The van der Waals surface area contributed by atoms with Gasteiger partial charge in [-0.2, -0.15) is 0 Å². The van der Waals surface area contributed by atoms with Gasteiger partial charge in [-0.05, 0) is 0 Å². The summed E-state index contributed by atoms with van der Waals surface area (Å²) in [6.45, 7) is 12.7. The molecule has 0 spiro atoms. The zero-order valence-corrected chi connectivity index (χ0v) is 11.7. The van der Waals surface area contributed by atoms with E-state index in [9.17, 15) is 0 Å². The molecule has 0 aliphatic heterocycles. The Morgan fingerprint density at radius 1 is 0.643 bits per heavy atom. The van der Waals surface area contributed by atoms with Gasteiger partial charge < -0.3 is 0 Å². The van der Waals surface area contributed by atoms with Crippen LogP contribution in [0.4, 0.5) is 0 Å². The summed E-state index contributed by atoms with van der Waals surface area (Å²) in [5.74, 6) is 0. The Hall–Kier alpha value is 0. The normalized spacial score (nSPS) is 11.6. The molecule has 0 aromatic heterocycles. The van der Waals surface area contributed by atoms with Crippen LogP contribution in [0.2, 0.25) is 0 Å². The van der Waals surface area contributed by atoms with Gasteiger partial charge in [0.25, 0.3) is 0 Å². The van der Waals surface area contributed by atoms with Crippen molar-refractivity contribution >= 4 is 0 Å². The van der Waals surface area contributed by atoms with Crippen LogP contribution in [-0.2, 0) is 0 Å². The van der Waals surface area contributed by atoms with Crippen molar-refractivity contribution in [1.82, 2.24) is 0 Å². The lowest BCUT2D eigenvalue weighted by atomic mass is 10.0. The molecule has 0 saturated heterocycles. The van der Waals surface area contributed by atoms with Crippen LogP contribution < -0.4 is 0 Å². The lowest BCUT2D eigenvalue weighted by Crippen LogP contribution is -1.85. The van der Waals surface area contributed by atoms with E-state index in [1.807, 2.05) is 13.8 Å². The fraction of sp³-hybridized carbons (Fsp3) is 1.00. The van der Waals surface area contributed by atoms with E-state index in [0.717, 1.165) is 0 Å². The highest BCUT2D eigenvalue weighted by molar-refractivity contribution is 4.50. The van der Waals surface area contributed by atoms with E-state index in [1.165, 1.54) is 51.4 Å². The molecule has 0 atom stereocenters. The van der Waals surface area contributed by atoms with Crippen molar-refractivity contribution in [2.75, 3.05) is 0 Å². The molecule has 0 heteroatoms. The summed E-state index contributed by atoms with van der Waals surface area (Å²) in [6.07, 6.45) is 11.3. The molecule has 0 N–H and O–H groups in total. The highest BCUT2D eigenvalue weighted by Gasteiger charge is 1.95. The van der Waals surface area contributed by atoms with Gasteiger partial charge in [-0.15, -0.1) is 0 Å². The Kier molecular flexibility index (Phi) is 40.9. The minimum absolute atomic E-state index is 1.25. The minimum atomic E-state index is 1.25. The number of unbranched alkanes of at least 4 members (excludes halogenated alkanes) is 2. The summed E-state index contributed by atoms with van der Waals surface area (Å²) in [5.41, 5.74) is 0. The van der Waals surface area contributed by atoms with Gasteiger partial charge in [0, 0.05) is 0 Å². The molecule has 1 fully saturated rings. The zero-order chi connectivity index (χ0) is 11.7. The second-order valence-corrected chi connectivity index (χ2v) is 3.47. The molecule has 0 nitrogen and oxygen atoms in total. The quantitative estimate of drug-likeness (QED) is 0.500. The van der Waals surface area contributed by atoms with Gasteiger partial charge in [-0.25, -0.2) is 0 Å². The molecule has 1 saturated carbocycles. The van der Waals surface area contributed by atoms with E-state index in [4.69, 9.17) is 0 Å². The van der Waals surface area contributed by atoms with Crippen LogP contribution in [-0.4, -0.2) is 0 Å². The minimum Gasteiger partial charge on any atom is -0.0683 e. The average Bonchev–Trinajstić information content (AvgIpc) is 2.08. The first-order chi connectivity index (χ1) is 6.83. The van der Waals surface area contributed by atoms with Gasteiger partial charge in [0.05, 0.1) is 0 Å². The molecule has 0 heterocycles. The van der Waals surface area contributed by atoms with Gasteiger partial charge >= 0.3 is 0 Å². The summed E-state index contributed by atoms with van der Waals surface area (Å²) < 4.78 is 0. The second kappa shape index (κ2) is 29.2. The Morgan fingerprint density at radius 2 is 0.857 bits per heavy atom. The van der Waals surface area contributed by atoms with Crippen molar-refractivity contribution in [2.45, 2.75) is 92.9 Å². The Morgan fingerprint density at radius 3 is 0.857 bits per heavy atom. The van der Waals surface area contributed by atoms with Crippen molar-refractivity contribution in [3.63, 3.8) is 0 Å². The number of hydrogen-bond donors (Lipinski definition) is 0. The van der Waals surface area contributed by atoms with Gasteiger partial charge in [0.2, 0.25) is 0 Å². The monoisotopic (exact) mass is 202 g/mol. The highest BCUT2D eigenvalue weighted by atomic mass is 14.0. The predicted molar refractivity (Wildman–Crippen MR) is 71.0 cm³/mol. The van der Waals surface area contributed by atoms with Crippen molar-refractivity contribution in [1.29, 1.82) is 0 Å². The van der Waals surface area contributed by atoms with Gasteiger partial charge in [0.15, 0.2) is 0 Å².